The Hall–Kier alpha value is -3.37. The summed E-state index contributed by atoms with van der Waals surface area (Å²) in [5, 5.41) is 18.3. The van der Waals surface area contributed by atoms with Gasteiger partial charge in [-0.1, -0.05) is 23.1 Å². The van der Waals surface area contributed by atoms with Crippen molar-refractivity contribution < 1.29 is 18.4 Å². The lowest BCUT2D eigenvalue weighted by molar-refractivity contribution is -0.128. The van der Waals surface area contributed by atoms with E-state index >= 15 is 0 Å². The summed E-state index contributed by atoms with van der Waals surface area (Å²) in [6, 6.07) is 5.73. The molecule has 1 saturated heterocycles. The SMILES string of the molecule is CC(=O)N(c1nnc(SCC(=O)N2CCN(c3oc(-c4ccco4)nc3C#N)CC2)s1)C1CC1. The van der Waals surface area contributed by atoms with Crippen LogP contribution in [-0.4, -0.2) is 69.9 Å². The molecule has 2 fully saturated rings. The summed E-state index contributed by atoms with van der Waals surface area (Å²) in [4.78, 5) is 34.3. The zero-order valence-corrected chi connectivity index (χ0v) is 20.0. The van der Waals surface area contributed by atoms with E-state index in [1.165, 1.54) is 36.3 Å². The molecule has 1 saturated carbocycles. The van der Waals surface area contributed by atoms with E-state index in [9.17, 15) is 14.9 Å². The van der Waals surface area contributed by atoms with Gasteiger partial charge in [-0.05, 0) is 25.0 Å². The van der Waals surface area contributed by atoms with Crippen LogP contribution in [0.2, 0.25) is 0 Å². The fourth-order valence-electron chi connectivity index (χ4n) is 3.72. The topological polar surface area (TPSA) is 133 Å². The van der Waals surface area contributed by atoms with Crippen molar-refractivity contribution in [3.05, 3.63) is 24.1 Å². The normalized spacial score (nSPS) is 15.9. The van der Waals surface area contributed by atoms with Crippen molar-refractivity contribution in [1.29, 1.82) is 5.26 Å². The molecule has 0 aromatic carbocycles. The molecule has 0 spiro atoms. The van der Waals surface area contributed by atoms with Crippen molar-refractivity contribution in [2.45, 2.75) is 30.1 Å². The van der Waals surface area contributed by atoms with E-state index in [0.717, 1.165) is 12.8 Å². The third-order valence-electron chi connectivity index (χ3n) is 5.54. The average molecular weight is 500 g/mol. The number of aromatic nitrogens is 3. The molecule has 2 aliphatic rings. The first kappa shape index (κ1) is 22.4. The highest BCUT2D eigenvalue weighted by atomic mass is 32.2. The molecule has 1 aliphatic carbocycles. The second-order valence-electron chi connectivity index (χ2n) is 7.89. The first-order valence-electron chi connectivity index (χ1n) is 10.8. The Morgan fingerprint density at radius 1 is 1.29 bits per heavy atom. The fraction of sp³-hybridized carbons (Fsp3) is 0.429. The number of nitriles is 1. The molecule has 0 atom stereocenters. The van der Waals surface area contributed by atoms with Crippen LogP contribution in [0.4, 0.5) is 11.0 Å². The smallest absolute Gasteiger partial charge is 0.266 e. The van der Waals surface area contributed by atoms with Gasteiger partial charge < -0.3 is 18.6 Å². The number of anilines is 2. The summed E-state index contributed by atoms with van der Waals surface area (Å²) in [6.45, 7) is 3.59. The van der Waals surface area contributed by atoms with Crippen LogP contribution in [0.5, 0.6) is 0 Å². The second-order valence-corrected chi connectivity index (χ2v) is 10.1. The fourth-order valence-corrected chi connectivity index (χ4v) is 5.58. The highest BCUT2D eigenvalue weighted by molar-refractivity contribution is 8.01. The molecule has 13 heteroatoms. The van der Waals surface area contributed by atoms with Gasteiger partial charge >= 0.3 is 0 Å². The van der Waals surface area contributed by atoms with E-state index < -0.39 is 0 Å². The van der Waals surface area contributed by atoms with E-state index in [1.807, 2.05) is 4.90 Å². The molecule has 0 radical (unpaired) electrons. The maximum Gasteiger partial charge on any atom is 0.266 e. The Morgan fingerprint density at radius 2 is 2.09 bits per heavy atom. The predicted molar refractivity (Wildman–Crippen MR) is 125 cm³/mol. The van der Waals surface area contributed by atoms with Gasteiger partial charge in [0.2, 0.25) is 28.5 Å². The number of carbonyl (C=O) groups is 2. The molecule has 1 aliphatic heterocycles. The van der Waals surface area contributed by atoms with Crippen LogP contribution in [0.25, 0.3) is 11.7 Å². The number of hydrogen-bond donors (Lipinski definition) is 0. The highest BCUT2D eigenvalue weighted by Crippen LogP contribution is 2.36. The lowest BCUT2D eigenvalue weighted by atomic mass is 10.3. The Morgan fingerprint density at radius 3 is 2.74 bits per heavy atom. The molecule has 3 aromatic rings. The summed E-state index contributed by atoms with van der Waals surface area (Å²) in [7, 11) is 0. The van der Waals surface area contributed by atoms with Gasteiger partial charge in [0, 0.05) is 39.1 Å². The van der Waals surface area contributed by atoms with Crippen molar-refractivity contribution in [2.75, 3.05) is 41.7 Å². The molecule has 2 amide bonds. The van der Waals surface area contributed by atoms with Crippen LogP contribution < -0.4 is 9.80 Å². The summed E-state index contributed by atoms with van der Waals surface area (Å²) in [5.74, 6) is 1.31. The molecular weight excluding hydrogens is 478 g/mol. The van der Waals surface area contributed by atoms with Gasteiger partial charge in [0.25, 0.3) is 5.89 Å². The lowest BCUT2D eigenvalue weighted by Gasteiger charge is -2.34. The molecule has 4 heterocycles. The van der Waals surface area contributed by atoms with Gasteiger partial charge in [0.05, 0.1) is 12.0 Å². The van der Waals surface area contributed by atoms with Crippen molar-refractivity contribution in [1.82, 2.24) is 20.1 Å². The standard InChI is InChI=1S/C21H21N7O4S2/c1-13(29)28(14-4-5-14)20-24-25-21(34-20)33-12-17(30)26-6-8-27(9-7-26)19-15(11-22)23-18(32-19)16-3-2-10-31-16/h2-3,10,14H,4-9,12H2,1H3. The minimum Gasteiger partial charge on any atom is -0.459 e. The Balaban J connectivity index is 1.15. The number of hydrogen-bond acceptors (Lipinski definition) is 11. The van der Waals surface area contributed by atoms with Crippen LogP contribution in [-0.2, 0) is 9.59 Å². The average Bonchev–Trinajstić information content (AvgIpc) is 3.24. The predicted octanol–water partition coefficient (Wildman–Crippen LogP) is 2.61. The summed E-state index contributed by atoms with van der Waals surface area (Å²) in [6.07, 6.45) is 3.49. The molecule has 0 bridgehead atoms. The third-order valence-corrected chi connectivity index (χ3v) is 7.58. The van der Waals surface area contributed by atoms with Crippen molar-refractivity contribution in [3.63, 3.8) is 0 Å². The lowest BCUT2D eigenvalue weighted by Crippen LogP contribution is -2.49. The van der Waals surface area contributed by atoms with Crippen LogP contribution >= 0.6 is 23.1 Å². The van der Waals surface area contributed by atoms with Crippen molar-refractivity contribution >= 4 is 45.9 Å². The molecule has 0 unspecified atom stereocenters. The largest absolute Gasteiger partial charge is 0.459 e. The summed E-state index contributed by atoms with van der Waals surface area (Å²) >= 11 is 2.67. The van der Waals surface area contributed by atoms with Gasteiger partial charge in [-0.15, -0.1) is 10.2 Å². The van der Waals surface area contributed by atoms with Gasteiger partial charge in [0.1, 0.15) is 6.07 Å². The number of carbonyl (C=O) groups excluding carboxylic acids is 2. The van der Waals surface area contributed by atoms with Crippen LogP contribution in [0.3, 0.4) is 0 Å². The minimum atomic E-state index is -0.0354. The van der Waals surface area contributed by atoms with E-state index in [-0.39, 0.29) is 35.2 Å². The van der Waals surface area contributed by atoms with E-state index in [4.69, 9.17) is 8.83 Å². The Kier molecular flexibility index (Phi) is 6.25. The van der Waals surface area contributed by atoms with Crippen molar-refractivity contribution in [2.24, 2.45) is 0 Å². The molecule has 34 heavy (non-hydrogen) atoms. The van der Waals surface area contributed by atoms with Gasteiger partial charge in [-0.2, -0.15) is 10.2 Å². The summed E-state index contributed by atoms with van der Waals surface area (Å²) < 4.78 is 11.8. The number of nitrogens with zero attached hydrogens (tertiary/aromatic N) is 7. The van der Waals surface area contributed by atoms with Gasteiger partial charge in [0.15, 0.2) is 10.1 Å². The van der Waals surface area contributed by atoms with Crippen LogP contribution in [0, 0.1) is 11.3 Å². The maximum atomic E-state index is 12.7. The third kappa shape index (κ3) is 4.64. The van der Waals surface area contributed by atoms with E-state index in [1.54, 1.807) is 21.9 Å². The number of amides is 2. The molecule has 5 rings (SSSR count). The van der Waals surface area contributed by atoms with Gasteiger partial charge in [-0.3, -0.25) is 14.5 Å². The zero-order chi connectivity index (χ0) is 23.7. The zero-order valence-electron chi connectivity index (χ0n) is 18.3. The first-order chi connectivity index (χ1) is 16.5. The monoisotopic (exact) mass is 499 g/mol. The number of rotatable bonds is 7. The van der Waals surface area contributed by atoms with Gasteiger partial charge in [-0.25, -0.2) is 0 Å². The second kappa shape index (κ2) is 9.47. The number of furan rings is 1. The van der Waals surface area contributed by atoms with Crippen molar-refractivity contribution in [3.8, 4) is 17.7 Å². The Labute approximate surface area is 203 Å². The summed E-state index contributed by atoms with van der Waals surface area (Å²) in [5.41, 5.74) is 0.194. The molecule has 176 valence electrons. The first-order valence-corrected chi connectivity index (χ1v) is 12.6. The number of piperazine rings is 1. The maximum absolute atomic E-state index is 12.7. The Bertz CT molecular complexity index is 1220. The molecule has 11 nitrogen and oxygen atoms in total. The molecule has 0 N–H and O–H groups in total. The molecular formula is C21H21N7O4S2. The quantitative estimate of drug-likeness (QED) is 0.353. The minimum absolute atomic E-state index is 0.00127. The van der Waals surface area contributed by atoms with E-state index in [0.29, 0.717) is 47.3 Å². The van der Waals surface area contributed by atoms with Crippen LogP contribution in [0.1, 0.15) is 25.5 Å². The number of thioether (sulfide) groups is 1. The van der Waals surface area contributed by atoms with Crippen LogP contribution in [0.15, 0.2) is 31.6 Å². The van der Waals surface area contributed by atoms with E-state index in [2.05, 4.69) is 21.3 Å². The molecule has 3 aromatic heterocycles. The number of oxazole rings is 1. The highest BCUT2D eigenvalue weighted by Gasteiger charge is 2.34.